The summed E-state index contributed by atoms with van der Waals surface area (Å²) in [7, 11) is 1.24. The summed E-state index contributed by atoms with van der Waals surface area (Å²) in [5.41, 5.74) is 2.33. The van der Waals surface area contributed by atoms with E-state index in [4.69, 9.17) is 15.6 Å². The van der Waals surface area contributed by atoms with E-state index in [1.165, 1.54) is 13.2 Å². The standard InChI is InChI=1S/C26H22FN5O4/c1-13-7-20-19(10-17(13)26(35)31-11-14-5-3-4-6-15(14)12-31)30-25(34)24(29)32(20)23(28)16-8-18(27)22(33)21(9-16)36-2/h3-10,28-29,33H,11-12H2,1-2H3,(H,30,34). The van der Waals surface area contributed by atoms with Crippen LogP contribution in [0.5, 0.6) is 11.5 Å². The number of amides is 1. The van der Waals surface area contributed by atoms with Gasteiger partial charge in [0, 0.05) is 24.2 Å². The van der Waals surface area contributed by atoms with Crippen LogP contribution in [0.25, 0.3) is 11.0 Å². The van der Waals surface area contributed by atoms with Crippen LogP contribution in [0, 0.1) is 23.6 Å². The fraction of sp³-hybridized carbons (Fsp3) is 0.154. The van der Waals surface area contributed by atoms with Crippen LogP contribution in [-0.2, 0) is 13.1 Å². The molecular weight excluding hydrogens is 465 g/mol. The van der Waals surface area contributed by atoms with Gasteiger partial charge in [-0.2, -0.15) is 0 Å². The number of benzene rings is 3. The average Bonchev–Trinajstić information content (AvgIpc) is 3.30. The first kappa shape index (κ1) is 23.0. The molecule has 0 aliphatic carbocycles. The third-order valence-electron chi connectivity index (χ3n) is 6.37. The molecule has 0 unspecified atom stereocenters. The molecule has 1 amide bonds. The number of ether oxygens (including phenoxy) is 1. The highest BCUT2D eigenvalue weighted by atomic mass is 19.1. The predicted octanol–water partition coefficient (Wildman–Crippen LogP) is 3.00. The van der Waals surface area contributed by atoms with Gasteiger partial charge in [0.1, 0.15) is 5.84 Å². The first-order valence-corrected chi connectivity index (χ1v) is 11.1. The molecule has 0 bridgehead atoms. The Kier molecular flexibility index (Phi) is 5.43. The zero-order chi connectivity index (χ0) is 25.7. The quantitative estimate of drug-likeness (QED) is 0.261. The van der Waals surface area contributed by atoms with Crippen molar-refractivity contribution in [3.63, 3.8) is 0 Å². The number of hydrogen-bond donors (Lipinski definition) is 4. The van der Waals surface area contributed by atoms with E-state index in [1.54, 1.807) is 24.0 Å². The number of aryl methyl sites for hydroxylation is 1. The van der Waals surface area contributed by atoms with Gasteiger partial charge in [-0.05, 0) is 47.9 Å². The van der Waals surface area contributed by atoms with Crippen LogP contribution >= 0.6 is 0 Å². The lowest BCUT2D eigenvalue weighted by atomic mass is 10.1. The molecule has 0 fully saturated rings. The number of carbonyl (C=O) groups is 1. The monoisotopic (exact) mass is 487 g/mol. The summed E-state index contributed by atoms with van der Waals surface area (Å²) in [6.45, 7) is 2.70. The third-order valence-corrected chi connectivity index (χ3v) is 6.37. The van der Waals surface area contributed by atoms with E-state index in [-0.39, 0.29) is 34.1 Å². The van der Waals surface area contributed by atoms with E-state index < -0.39 is 22.6 Å². The zero-order valence-corrected chi connectivity index (χ0v) is 19.5. The number of aromatic nitrogens is 2. The molecule has 4 N–H and O–H groups in total. The summed E-state index contributed by atoms with van der Waals surface area (Å²) in [5, 5.41) is 26.8. The molecule has 0 atom stereocenters. The number of fused-ring (bicyclic) bond motifs is 2. The van der Waals surface area contributed by atoms with Crippen molar-refractivity contribution in [2.75, 3.05) is 7.11 Å². The molecule has 1 aromatic heterocycles. The van der Waals surface area contributed by atoms with Crippen molar-refractivity contribution in [3.8, 4) is 11.5 Å². The minimum Gasteiger partial charge on any atom is -0.502 e. The number of phenolic OH excluding ortho intramolecular Hbond substituents is 1. The Morgan fingerprint density at radius 1 is 1.14 bits per heavy atom. The summed E-state index contributed by atoms with van der Waals surface area (Å²) in [6.07, 6.45) is 0. The van der Waals surface area contributed by atoms with Crippen LogP contribution < -0.4 is 15.8 Å². The Morgan fingerprint density at radius 2 is 1.81 bits per heavy atom. The summed E-state index contributed by atoms with van der Waals surface area (Å²) < 4.78 is 20.3. The number of aromatic amines is 1. The predicted molar refractivity (Wildman–Crippen MR) is 130 cm³/mol. The van der Waals surface area contributed by atoms with E-state index in [0.717, 1.165) is 21.8 Å². The Labute approximate surface area is 204 Å². The van der Waals surface area contributed by atoms with Crippen LogP contribution in [0.4, 0.5) is 4.39 Å². The molecule has 0 spiro atoms. The molecule has 1 aliphatic rings. The fourth-order valence-electron chi connectivity index (χ4n) is 4.49. The second kappa shape index (κ2) is 8.49. The summed E-state index contributed by atoms with van der Waals surface area (Å²) in [5.74, 6) is -2.48. The molecule has 0 radical (unpaired) electrons. The smallest absolute Gasteiger partial charge is 0.291 e. The third kappa shape index (κ3) is 3.63. The van der Waals surface area contributed by atoms with E-state index in [2.05, 4.69) is 4.98 Å². The molecular formula is C26H22FN5O4. The number of H-pyrrole nitrogens is 1. The van der Waals surface area contributed by atoms with Crippen molar-refractivity contribution in [1.29, 1.82) is 10.8 Å². The number of carbonyl (C=O) groups excluding carboxylic acids is 1. The van der Waals surface area contributed by atoms with Crippen LogP contribution in [0.1, 0.15) is 32.6 Å². The van der Waals surface area contributed by atoms with Crippen LogP contribution in [0.2, 0.25) is 0 Å². The van der Waals surface area contributed by atoms with Gasteiger partial charge in [0.2, 0.25) is 0 Å². The van der Waals surface area contributed by atoms with Gasteiger partial charge in [0.25, 0.3) is 11.5 Å². The first-order chi connectivity index (χ1) is 17.2. The maximum absolute atomic E-state index is 14.3. The molecule has 36 heavy (non-hydrogen) atoms. The van der Waals surface area contributed by atoms with Crippen LogP contribution in [-0.4, -0.2) is 38.4 Å². The molecule has 5 rings (SSSR count). The van der Waals surface area contributed by atoms with Crippen molar-refractivity contribution in [2.24, 2.45) is 0 Å². The van der Waals surface area contributed by atoms with Crippen molar-refractivity contribution in [1.82, 2.24) is 14.5 Å². The number of aromatic hydroxyl groups is 1. The molecule has 9 nitrogen and oxygen atoms in total. The molecule has 182 valence electrons. The second-order valence-electron chi connectivity index (χ2n) is 8.61. The van der Waals surface area contributed by atoms with Gasteiger partial charge in [-0.15, -0.1) is 0 Å². The Bertz CT molecular complexity index is 1680. The molecule has 2 heterocycles. The van der Waals surface area contributed by atoms with Gasteiger partial charge in [0.05, 0.1) is 18.1 Å². The van der Waals surface area contributed by atoms with Gasteiger partial charge < -0.3 is 19.7 Å². The number of hydrogen-bond acceptors (Lipinski definition) is 6. The summed E-state index contributed by atoms with van der Waals surface area (Å²) in [6, 6.07) is 13.2. The largest absolute Gasteiger partial charge is 0.502 e. The zero-order valence-electron chi connectivity index (χ0n) is 19.5. The normalized spacial score (nSPS) is 12.6. The van der Waals surface area contributed by atoms with Crippen molar-refractivity contribution < 1.29 is 19.0 Å². The minimum absolute atomic E-state index is 0.0137. The molecule has 10 heteroatoms. The number of nitrogens with zero attached hydrogens (tertiary/aromatic N) is 2. The average molecular weight is 487 g/mol. The highest BCUT2D eigenvalue weighted by molar-refractivity contribution is 6.04. The molecule has 0 saturated heterocycles. The summed E-state index contributed by atoms with van der Waals surface area (Å²) >= 11 is 0. The first-order valence-electron chi connectivity index (χ1n) is 11.1. The topological polar surface area (TPSA) is 135 Å². The van der Waals surface area contributed by atoms with Gasteiger partial charge in [-0.25, -0.2) is 4.39 Å². The lowest BCUT2D eigenvalue weighted by Crippen LogP contribution is -2.40. The lowest BCUT2D eigenvalue weighted by molar-refractivity contribution is 0.0751. The number of phenols is 1. The van der Waals surface area contributed by atoms with Crippen molar-refractivity contribution in [3.05, 3.63) is 98.0 Å². The van der Waals surface area contributed by atoms with Crippen LogP contribution in [0.3, 0.4) is 0 Å². The molecule has 1 aliphatic heterocycles. The maximum atomic E-state index is 14.3. The van der Waals surface area contributed by atoms with Crippen LogP contribution in [0.15, 0.2) is 53.3 Å². The lowest BCUT2D eigenvalue weighted by Gasteiger charge is -2.19. The number of methoxy groups -OCH3 is 1. The van der Waals surface area contributed by atoms with E-state index in [1.807, 2.05) is 24.3 Å². The highest BCUT2D eigenvalue weighted by Gasteiger charge is 2.26. The molecule has 4 aromatic rings. The van der Waals surface area contributed by atoms with Gasteiger partial charge in [0.15, 0.2) is 22.8 Å². The number of nitrogens with one attached hydrogen (secondary N) is 3. The van der Waals surface area contributed by atoms with E-state index in [9.17, 15) is 19.1 Å². The number of halogens is 1. The van der Waals surface area contributed by atoms with E-state index >= 15 is 0 Å². The van der Waals surface area contributed by atoms with Crippen molar-refractivity contribution in [2.45, 2.75) is 20.0 Å². The van der Waals surface area contributed by atoms with Gasteiger partial charge >= 0.3 is 0 Å². The van der Waals surface area contributed by atoms with Crippen molar-refractivity contribution >= 4 is 22.8 Å². The van der Waals surface area contributed by atoms with Gasteiger partial charge in [-0.1, -0.05) is 24.3 Å². The number of rotatable bonds is 3. The fourth-order valence-corrected chi connectivity index (χ4v) is 4.49. The maximum Gasteiger partial charge on any atom is 0.291 e. The summed E-state index contributed by atoms with van der Waals surface area (Å²) in [4.78, 5) is 30.3. The molecule has 3 aromatic carbocycles. The molecule has 0 saturated carbocycles. The highest BCUT2D eigenvalue weighted by Crippen LogP contribution is 2.31. The minimum atomic E-state index is -1.01. The second-order valence-corrected chi connectivity index (χ2v) is 8.61. The Hall–Kier alpha value is -4.73. The Morgan fingerprint density at radius 3 is 2.44 bits per heavy atom. The Balaban J connectivity index is 1.61. The van der Waals surface area contributed by atoms with Gasteiger partial charge in [-0.3, -0.25) is 25.0 Å². The van der Waals surface area contributed by atoms with E-state index in [0.29, 0.717) is 24.2 Å². The SMILES string of the molecule is COc1cc(C(=N)n2c(=N)c(=O)[nH]c3cc(C(=O)N4Cc5ccccc5C4)c(C)cc32)cc(F)c1O.